The molecule has 102 valence electrons. The minimum Gasteiger partial charge on any atom is -0.308 e. The van der Waals surface area contributed by atoms with Crippen LogP contribution in [0.5, 0.6) is 0 Å². The van der Waals surface area contributed by atoms with Crippen LogP contribution in [0.15, 0.2) is 0 Å². The standard InChI is InChI=1S/C12H21F4N/c1-11(2)6-3-4-9(5-7-11)17-8-12(15,16)10(13)14/h9-10,17H,3-8H2,1-2H3. The molecular weight excluding hydrogens is 234 g/mol. The van der Waals surface area contributed by atoms with Gasteiger partial charge in [-0.15, -0.1) is 0 Å². The van der Waals surface area contributed by atoms with Crippen LogP contribution in [0.3, 0.4) is 0 Å². The van der Waals surface area contributed by atoms with Crippen molar-refractivity contribution >= 4 is 0 Å². The van der Waals surface area contributed by atoms with Gasteiger partial charge in [0.15, 0.2) is 0 Å². The Labute approximate surface area is 100.0 Å². The van der Waals surface area contributed by atoms with E-state index >= 15 is 0 Å². The van der Waals surface area contributed by atoms with E-state index in [0.29, 0.717) is 0 Å². The van der Waals surface area contributed by atoms with E-state index in [0.717, 1.165) is 32.1 Å². The van der Waals surface area contributed by atoms with Crippen LogP contribution in [0.1, 0.15) is 46.0 Å². The average Bonchev–Trinajstić information content (AvgIpc) is 2.36. The Balaban J connectivity index is 2.38. The van der Waals surface area contributed by atoms with Gasteiger partial charge in [-0.2, -0.15) is 8.78 Å². The fraction of sp³-hybridized carbons (Fsp3) is 1.00. The van der Waals surface area contributed by atoms with Gasteiger partial charge in [0.1, 0.15) is 0 Å². The van der Waals surface area contributed by atoms with Crippen LogP contribution < -0.4 is 5.32 Å². The van der Waals surface area contributed by atoms with Crippen LogP contribution in [0.25, 0.3) is 0 Å². The zero-order valence-electron chi connectivity index (χ0n) is 10.4. The zero-order valence-corrected chi connectivity index (χ0v) is 10.4. The lowest BCUT2D eigenvalue weighted by Crippen LogP contribution is -2.43. The van der Waals surface area contributed by atoms with E-state index in [4.69, 9.17) is 0 Å². The smallest absolute Gasteiger partial charge is 0.308 e. The molecular formula is C12H21F4N. The third kappa shape index (κ3) is 4.82. The Morgan fingerprint density at radius 3 is 2.47 bits per heavy atom. The van der Waals surface area contributed by atoms with Gasteiger partial charge in [0.2, 0.25) is 0 Å². The van der Waals surface area contributed by atoms with E-state index in [-0.39, 0.29) is 11.5 Å². The highest BCUT2D eigenvalue weighted by atomic mass is 19.3. The first-order valence-corrected chi connectivity index (χ1v) is 6.12. The van der Waals surface area contributed by atoms with E-state index in [9.17, 15) is 17.6 Å². The summed E-state index contributed by atoms with van der Waals surface area (Å²) in [6.45, 7) is 3.39. The summed E-state index contributed by atoms with van der Waals surface area (Å²) < 4.78 is 49.4. The molecule has 0 aliphatic heterocycles. The number of rotatable bonds is 4. The van der Waals surface area contributed by atoms with Crippen LogP contribution in [-0.2, 0) is 0 Å². The van der Waals surface area contributed by atoms with E-state index in [2.05, 4.69) is 19.2 Å². The van der Waals surface area contributed by atoms with Gasteiger partial charge in [-0.1, -0.05) is 20.3 Å². The maximum Gasteiger partial charge on any atom is 0.319 e. The third-order valence-corrected chi connectivity index (χ3v) is 3.52. The van der Waals surface area contributed by atoms with Crippen molar-refractivity contribution in [3.63, 3.8) is 0 Å². The first kappa shape index (κ1) is 14.7. The van der Waals surface area contributed by atoms with Crippen LogP contribution in [0.4, 0.5) is 17.6 Å². The predicted molar refractivity (Wildman–Crippen MR) is 59.6 cm³/mol. The van der Waals surface area contributed by atoms with Gasteiger partial charge in [0.25, 0.3) is 0 Å². The van der Waals surface area contributed by atoms with Gasteiger partial charge in [0.05, 0.1) is 6.54 Å². The monoisotopic (exact) mass is 255 g/mol. The maximum absolute atomic E-state index is 12.7. The summed E-state index contributed by atoms with van der Waals surface area (Å²) in [7, 11) is 0. The number of halogens is 4. The minimum atomic E-state index is -3.91. The summed E-state index contributed by atoms with van der Waals surface area (Å²) in [6.07, 6.45) is 0.971. The van der Waals surface area contributed by atoms with Crippen LogP contribution in [-0.4, -0.2) is 24.9 Å². The molecule has 1 aliphatic rings. The van der Waals surface area contributed by atoms with Crippen molar-refractivity contribution in [2.75, 3.05) is 6.54 Å². The second-order valence-electron chi connectivity index (χ2n) is 5.73. The van der Waals surface area contributed by atoms with Gasteiger partial charge in [0, 0.05) is 6.04 Å². The largest absolute Gasteiger partial charge is 0.319 e. The summed E-state index contributed by atoms with van der Waals surface area (Å²) >= 11 is 0. The molecule has 0 aromatic carbocycles. The molecule has 1 aliphatic carbocycles. The van der Waals surface area contributed by atoms with E-state index in [1.807, 2.05) is 0 Å². The molecule has 0 aromatic heterocycles. The summed E-state index contributed by atoms with van der Waals surface area (Å²) in [4.78, 5) is 0. The van der Waals surface area contributed by atoms with Crippen LogP contribution in [0.2, 0.25) is 0 Å². The molecule has 0 amide bonds. The van der Waals surface area contributed by atoms with E-state index in [1.165, 1.54) is 0 Å². The third-order valence-electron chi connectivity index (χ3n) is 3.52. The molecule has 0 radical (unpaired) electrons. The highest BCUT2D eigenvalue weighted by Gasteiger charge is 2.40. The zero-order chi connectivity index (χ0) is 13.1. The number of alkyl halides is 4. The molecule has 0 heterocycles. The summed E-state index contributed by atoms with van der Waals surface area (Å²) in [5.41, 5.74) is 0.238. The molecule has 0 saturated heterocycles. The van der Waals surface area contributed by atoms with Crippen molar-refractivity contribution < 1.29 is 17.6 Å². The highest BCUT2D eigenvalue weighted by Crippen LogP contribution is 2.34. The number of hydrogen-bond donors (Lipinski definition) is 1. The van der Waals surface area contributed by atoms with Gasteiger partial charge < -0.3 is 5.32 Å². The van der Waals surface area contributed by atoms with Crippen LogP contribution in [0, 0.1) is 5.41 Å². The molecule has 5 heteroatoms. The Morgan fingerprint density at radius 1 is 1.24 bits per heavy atom. The van der Waals surface area contributed by atoms with E-state index in [1.54, 1.807) is 0 Å². The van der Waals surface area contributed by atoms with Crippen molar-refractivity contribution in [3.05, 3.63) is 0 Å². The molecule has 0 spiro atoms. The maximum atomic E-state index is 12.7. The molecule has 0 aromatic rings. The van der Waals surface area contributed by atoms with Crippen molar-refractivity contribution in [2.45, 2.75) is 64.3 Å². The fourth-order valence-corrected chi connectivity index (χ4v) is 2.22. The normalized spacial score (nSPS) is 25.9. The fourth-order valence-electron chi connectivity index (χ4n) is 2.22. The quantitative estimate of drug-likeness (QED) is 0.594. The molecule has 1 nitrogen and oxygen atoms in total. The summed E-state index contributed by atoms with van der Waals surface area (Å²) in [6, 6.07) is -0.0543. The van der Waals surface area contributed by atoms with Crippen molar-refractivity contribution in [1.29, 1.82) is 0 Å². The Hall–Kier alpha value is -0.320. The van der Waals surface area contributed by atoms with Gasteiger partial charge >= 0.3 is 12.3 Å². The number of nitrogens with one attached hydrogen (secondary N) is 1. The molecule has 17 heavy (non-hydrogen) atoms. The lowest BCUT2D eigenvalue weighted by atomic mass is 9.85. The number of hydrogen-bond acceptors (Lipinski definition) is 1. The van der Waals surface area contributed by atoms with Crippen molar-refractivity contribution in [1.82, 2.24) is 5.32 Å². The minimum absolute atomic E-state index is 0.0543. The average molecular weight is 255 g/mol. The Morgan fingerprint density at radius 2 is 1.88 bits per heavy atom. The van der Waals surface area contributed by atoms with Gasteiger partial charge in [-0.05, 0) is 31.1 Å². The lowest BCUT2D eigenvalue weighted by molar-refractivity contribution is -0.126. The first-order valence-electron chi connectivity index (χ1n) is 6.12. The summed E-state index contributed by atoms with van der Waals surface area (Å²) in [5.74, 6) is -3.91. The molecule has 1 unspecified atom stereocenters. The molecule has 1 N–H and O–H groups in total. The second kappa shape index (κ2) is 5.55. The van der Waals surface area contributed by atoms with E-state index < -0.39 is 18.9 Å². The SMILES string of the molecule is CC1(C)CCCC(NCC(F)(F)C(F)F)CC1. The van der Waals surface area contributed by atoms with Crippen molar-refractivity contribution in [2.24, 2.45) is 5.41 Å². The Bertz CT molecular complexity index is 241. The molecule has 1 atom stereocenters. The first-order chi connectivity index (χ1) is 7.73. The topological polar surface area (TPSA) is 12.0 Å². The van der Waals surface area contributed by atoms with Crippen LogP contribution >= 0.6 is 0 Å². The summed E-state index contributed by atoms with van der Waals surface area (Å²) in [5, 5.41) is 2.59. The lowest BCUT2D eigenvalue weighted by Gasteiger charge is -2.23. The molecule has 1 saturated carbocycles. The Kier molecular flexibility index (Phi) is 4.81. The van der Waals surface area contributed by atoms with Gasteiger partial charge in [-0.3, -0.25) is 0 Å². The molecule has 0 bridgehead atoms. The highest BCUT2D eigenvalue weighted by molar-refractivity contribution is 4.82. The second-order valence-corrected chi connectivity index (χ2v) is 5.73. The van der Waals surface area contributed by atoms with Crippen molar-refractivity contribution in [3.8, 4) is 0 Å². The molecule has 1 rings (SSSR count). The van der Waals surface area contributed by atoms with Gasteiger partial charge in [-0.25, -0.2) is 8.78 Å². The predicted octanol–water partition coefficient (Wildman–Crippen LogP) is 3.84. The molecule has 1 fully saturated rings.